The fourth-order valence-electron chi connectivity index (χ4n) is 3.29. The second-order valence-electron chi connectivity index (χ2n) is 6.97. The van der Waals surface area contributed by atoms with E-state index < -0.39 is 35.6 Å². The molecule has 0 unspecified atom stereocenters. The molecule has 4 rings (SSSR count). The van der Waals surface area contributed by atoms with Crippen molar-refractivity contribution in [2.45, 2.75) is 16.7 Å². The van der Waals surface area contributed by atoms with Gasteiger partial charge in [-0.15, -0.1) is 10.2 Å². The van der Waals surface area contributed by atoms with Gasteiger partial charge in [-0.25, -0.2) is 21.5 Å². The van der Waals surface area contributed by atoms with Gasteiger partial charge in [-0.2, -0.15) is 0 Å². The van der Waals surface area contributed by atoms with Gasteiger partial charge in [0.05, 0.1) is 21.2 Å². The summed E-state index contributed by atoms with van der Waals surface area (Å²) in [4.78, 5) is 11.7. The second-order valence-corrected chi connectivity index (χ2v) is 9.66. The zero-order valence-corrected chi connectivity index (χ0v) is 22.6. The van der Waals surface area contributed by atoms with Gasteiger partial charge in [0.25, 0.3) is 5.56 Å². The van der Waals surface area contributed by atoms with Crippen LogP contribution < -0.4 is 5.56 Å². The third-order valence-corrected chi connectivity index (χ3v) is 6.53. The quantitative estimate of drug-likeness (QED) is 0.216. The number of benzene rings is 3. The first-order chi connectivity index (χ1) is 15.5. The minimum atomic E-state index is -4.92. The van der Waals surface area contributed by atoms with Crippen LogP contribution >= 0.6 is 0 Å². The Morgan fingerprint density at radius 1 is 0.882 bits per heavy atom. The summed E-state index contributed by atoms with van der Waals surface area (Å²) >= 11 is 0. The molecular weight excluding hydrogens is 560 g/mol. The minimum absolute atomic E-state index is 0. The summed E-state index contributed by atoms with van der Waals surface area (Å²) in [6.07, 6.45) is 0. The molecule has 0 amide bonds. The molecule has 0 atom stereocenters. The van der Waals surface area contributed by atoms with Gasteiger partial charge in [-0.05, 0) is 36.6 Å². The molecule has 1 heterocycles. The molecule has 0 saturated heterocycles. The average Bonchev–Trinajstić information content (AvgIpc) is 3.04. The van der Waals surface area contributed by atoms with Crippen LogP contribution in [0.5, 0.6) is 0 Å². The summed E-state index contributed by atoms with van der Waals surface area (Å²) in [5.74, 6) is 0. The molecule has 1 aromatic heterocycles. The van der Waals surface area contributed by atoms with E-state index in [1.165, 1.54) is 31.2 Å². The van der Waals surface area contributed by atoms with E-state index in [1.807, 2.05) is 0 Å². The summed E-state index contributed by atoms with van der Waals surface area (Å²) in [5.41, 5.74) is -0.882. The molecule has 3 aromatic carbocycles. The summed E-state index contributed by atoms with van der Waals surface area (Å²) in [6.45, 7) is 1.49. The molecular formula is C20H14N4O7S2Sr. The van der Waals surface area contributed by atoms with E-state index in [4.69, 9.17) is 0 Å². The maximum absolute atomic E-state index is 12.8. The van der Waals surface area contributed by atoms with Crippen molar-refractivity contribution in [3.63, 3.8) is 0 Å². The smallest absolute Gasteiger partial charge is 0.744 e. The van der Waals surface area contributed by atoms with E-state index in [0.29, 0.717) is 5.39 Å². The molecule has 0 aliphatic heterocycles. The van der Waals surface area contributed by atoms with Crippen molar-refractivity contribution in [1.82, 2.24) is 9.78 Å². The molecule has 1 N–H and O–H groups in total. The van der Waals surface area contributed by atoms with Crippen molar-refractivity contribution < 1.29 is 25.9 Å². The Balaban J connectivity index is 0.00000324. The van der Waals surface area contributed by atoms with Crippen LogP contribution in [0.15, 0.2) is 85.5 Å². The molecule has 0 aliphatic carbocycles. The molecule has 0 saturated carbocycles. The monoisotopic (exact) mass is 574 g/mol. The van der Waals surface area contributed by atoms with Crippen LogP contribution in [-0.2, 0) is 20.2 Å². The van der Waals surface area contributed by atoms with Gasteiger partial charge in [0.15, 0.2) is 5.69 Å². The predicted octanol–water partition coefficient (Wildman–Crippen LogP) is 2.47. The van der Waals surface area contributed by atoms with Crippen molar-refractivity contribution >= 4 is 87.9 Å². The van der Waals surface area contributed by atoms with Gasteiger partial charge >= 0.3 is 45.5 Å². The van der Waals surface area contributed by atoms with Crippen molar-refractivity contribution in [2.24, 2.45) is 10.2 Å². The molecule has 34 heavy (non-hydrogen) atoms. The maximum atomic E-state index is 12.8. The van der Waals surface area contributed by atoms with E-state index in [2.05, 4.69) is 15.3 Å². The molecule has 11 nitrogen and oxygen atoms in total. The Morgan fingerprint density at radius 2 is 1.59 bits per heavy atom. The number of nitrogens with zero attached hydrogens (tertiary/aromatic N) is 3. The van der Waals surface area contributed by atoms with E-state index in [9.17, 15) is 30.7 Å². The van der Waals surface area contributed by atoms with Crippen LogP contribution in [0.1, 0.15) is 5.69 Å². The van der Waals surface area contributed by atoms with Crippen LogP contribution in [0.3, 0.4) is 0 Å². The standard InChI is InChI=1S/C20H16N4O7S2.Sr/c1-12-18(20(25)24(23-12)14-6-4-7-15(11-14)32(26,27)28)22-21-17-10-9-13-5-2-3-8-16(13)19(17)33(29,30)31;/h2-11,23H,1H3,(H,26,27,28)(H,29,30,31);/q;+2/p-2. The number of fused-ring (bicyclic) bond motifs is 1. The average molecular weight is 574 g/mol. The minimum Gasteiger partial charge on any atom is -0.744 e. The van der Waals surface area contributed by atoms with Gasteiger partial charge in [-0.1, -0.05) is 36.4 Å². The SMILES string of the molecule is Cc1[nH]n(-c2cccc(S(=O)(=O)[O-])c2)c(=O)c1N=Nc1ccc2ccccc2c1S(=O)(=O)[O-].[Sr+2]. The van der Waals surface area contributed by atoms with Crippen molar-refractivity contribution in [2.75, 3.05) is 0 Å². The third-order valence-electron chi connectivity index (χ3n) is 4.77. The van der Waals surface area contributed by atoms with Gasteiger partial charge in [0.2, 0.25) is 0 Å². The summed E-state index contributed by atoms with van der Waals surface area (Å²) < 4.78 is 70.5. The maximum Gasteiger partial charge on any atom is 2.00 e. The number of hydrogen-bond donors (Lipinski definition) is 1. The van der Waals surface area contributed by atoms with Crippen molar-refractivity contribution in [1.29, 1.82) is 0 Å². The van der Waals surface area contributed by atoms with E-state index >= 15 is 0 Å². The topological polar surface area (TPSA) is 177 Å². The fraction of sp³-hybridized carbons (Fsp3) is 0.0500. The number of hydrogen-bond acceptors (Lipinski definition) is 9. The second kappa shape index (κ2) is 9.83. The number of H-pyrrole nitrogens is 1. The molecule has 0 radical (unpaired) electrons. The van der Waals surface area contributed by atoms with Gasteiger partial charge in [0.1, 0.15) is 25.9 Å². The number of aromatic nitrogens is 2. The van der Waals surface area contributed by atoms with Gasteiger partial charge in [0, 0.05) is 5.39 Å². The van der Waals surface area contributed by atoms with Crippen molar-refractivity contribution in [3.05, 3.63) is 76.7 Å². The number of azo groups is 1. The number of aryl methyl sites for hydroxylation is 1. The Hall–Kier alpha value is -2.17. The molecule has 0 spiro atoms. The molecule has 14 heteroatoms. The van der Waals surface area contributed by atoms with E-state index in [1.54, 1.807) is 24.3 Å². The zero-order chi connectivity index (χ0) is 24.0. The zero-order valence-electron chi connectivity index (χ0n) is 17.5. The van der Waals surface area contributed by atoms with Gasteiger partial charge < -0.3 is 9.11 Å². The molecule has 0 bridgehead atoms. The van der Waals surface area contributed by atoms with Gasteiger partial charge in [-0.3, -0.25) is 9.89 Å². The Morgan fingerprint density at radius 3 is 2.26 bits per heavy atom. The number of rotatable bonds is 5. The molecule has 4 aromatic rings. The first kappa shape index (κ1) is 26.4. The first-order valence-corrected chi connectivity index (χ1v) is 12.1. The predicted molar refractivity (Wildman–Crippen MR) is 121 cm³/mol. The fourth-order valence-corrected chi connectivity index (χ4v) is 4.62. The van der Waals surface area contributed by atoms with Crippen LogP contribution in [0.4, 0.5) is 11.4 Å². The van der Waals surface area contributed by atoms with E-state index in [0.717, 1.165) is 16.8 Å². The normalized spacial score (nSPS) is 12.2. The number of nitrogens with one attached hydrogen (secondary N) is 1. The van der Waals surface area contributed by atoms with Crippen LogP contribution in [0.2, 0.25) is 0 Å². The summed E-state index contributed by atoms with van der Waals surface area (Å²) in [5, 5.41) is 11.1. The van der Waals surface area contributed by atoms with Crippen LogP contribution in [0.25, 0.3) is 16.5 Å². The summed E-state index contributed by atoms with van der Waals surface area (Å²) in [6, 6.07) is 14.0. The van der Waals surface area contributed by atoms with Crippen LogP contribution in [-0.4, -0.2) is 81.2 Å². The van der Waals surface area contributed by atoms with Crippen LogP contribution in [0, 0.1) is 6.92 Å². The Kier molecular flexibility index (Phi) is 7.64. The largest absolute Gasteiger partial charge is 2.00 e. The summed E-state index contributed by atoms with van der Waals surface area (Å²) in [7, 11) is -9.66. The third kappa shape index (κ3) is 5.23. The Bertz CT molecular complexity index is 1710. The number of aromatic amines is 1. The Labute approximate surface area is 230 Å². The van der Waals surface area contributed by atoms with E-state index in [-0.39, 0.29) is 73.6 Å². The molecule has 0 fully saturated rings. The molecule has 170 valence electrons. The molecule has 0 aliphatic rings. The first-order valence-electron chi connectivity index (χ1n) is 9.24. The van der Waals surface area contributed by atoms with Crippen molar-refractivity contribution in [3.8, 4) is 5.69 Å².